The summed E-state index contributed by atoms with van der Waals surface area (Å²) in [7, 11) is 0. The van der Waals surface area contributed by atoms with Gasteiger partial charge in [0.1, 0.15) is 18.2 Å². The van der Waals surface area contributed by atoms with Crippen LogP contribution in [-0.2, 0) is 4.74 Å². The first-order chi connectivity index (χ1) is 16.6. The lowest BCUT2D eigenvalue weighted by Crippen LogP contribution is -2.05. The molecule has 0 radical (unpaired) electrons. The van der Waals surface area contributed by atoms with E-state index in [1.807, 2.05) is 42.7 Å². The molecule has 7 nitrogen and oxygen atoms in total. The summed E-state index contributed by atoms with van der Waals surface area (Å²) in [5.41, 5.74) is 8.76. The Bertz CT molecular complexity index is 886. The van der Waals surface area contributed by atoms with Crippen LogP contribution in [0.15, 0.2) is 59.7 Å². The average molecular weight is 487 g/mol. The second-order valence-electron chi connectivity index (χ2n) is 7.16. The van der Waals surface area contributed by atoms with Gasteiger partial charge in [-0.3, -0.25) is 4.99 Å². The Labute approximate surface area is 208 Å². The predicted molar refractivity (Wildman–Crippen MR) is 146 cm³/mol. The van der Waals surface area contributed by atoms with Crippen molar-refractivity contribution in [3.8, 4) is 11.5 Å². The second-order valence-corrected chi connectivity index (χ2v) is 8.15. The molecular weight excluding hydrogens is 448 g/mol. The van der Waals surface area contributed by atoms with Crippen LogP contribution in [0.1, 0.15) is 37.8 Å². The Morgan fingerprint density at radius 2 is 1.88 bits per heavy atom. The molecule has 2 aromatic carbocycles. The van der Waals surface area contributed by atoms with Crippen molar-refractivity contribution < 1.29 is 14.6 Å². The molecule has 0 fully saturated rings. The summed E-state index contributed by atoms with van der Waals surface area (Å²) in [6, 6.07) is 13.1. The minimum absolute atomic E-state index is 0.128. The summed E-state index contributed by atoms with van der Waals surface area (Å²) in [5.74, 6) is 2.24. The maximum absolute atomic E-state index is 8.91. The van der Waals surface area contributed by atoms with Crippen LogP contribution in [0.3, 0.4) is 0 Å². The molecule has 0 aliphatic carbocycles. The number of aliphatic imine (C=N–C) groups is 1. The zero-order valence-corrected chi connectivity index (χ0v) is 21.2. The third-order valence-corrected chi connectivity index (χ3v) is 4.80. The standard InChI is InChI=1S/C23H30N4O3S.C3H8/c1-31-14-13-29-17-27-23(9-10-24)18-3-5-20(6-4-18)30-21-7-8-22(19(15-21)16-25)26-11-2-12-28;1-3-2/h3-10,15-16,25-26,28H,2,11-14,17,24H2,1H3;3H2,1-2H3/b10-9-,25-16?,27-23-;. The van der Waals surface area contributed by atoms with Crippen LogP contribution in [0.4, 0.5) is 5.69 Å². The predicted octanol–water partition coefficient (Wildman–Crippen LogP) is 5.29. The summed E-state index contributed by atoms with van der Waals surface area (Å²) in [6.07, 6.45) is 8.42. The Morgan fingerprint density at radius 3 is 2.50 bits per heavy atom. The van der Waals surface area contributed by atoms with Crippen molar-refractivity contribution in [2.75, 3.05) is 43.8 Å². The highest BCUT2D eigenvalue weighted by atomic mass is 32.2. The number of allylic oxidation sites excluding steroid dienone is 1. The largest absolute Gasteiger partial charge is 0.457 e. The lowest BCUT2D eigenvalue weighted by Gasteiger charge is -2.12. The van der Waals surface area contributed by atoms with Gasteiger partial charge in [-0.05, 0) is 67.4 Å². The van der Waals surface area contributed by atoms with E-state index < -0.39 is 0 Å². The quantitative estimate of drug-likeness (QED) is 0.213. The number of benzene rings is 2. The van der Waals surface area contributed by atoms with E-state index in [0.29, 0.717) is 31.1 Å². The molecule has 0 amide bonds. The molecule has 0 unspecified atom stereocenters. The highest BCUT2D eigenvalue weighted by Crippen LogP contribution is 2.26. The van der Waals surface area contributed by atoms with Crippen molar-refractivity contribution in [1.29, 1.82) is 5.41 Å². The molecule has 0 aliphatic rings. The molecule has 5 N–H and O–H groups in total. The summed E-state index contributed by atoms with van der Waals surface area (Å²) in [4.78, 5) is 4.46. The van der Waals surface area contributed by atoms with Crippen molar-refractivity contribution in [3.05, 3.63) is 65.9 Å². The third kappa shape index (κ3) is 11.4. The van der Waals surface area contributed by atoms with Crippen LogP contribution in [-0.4, -0.2) is 55.5 Å². The summed E-state index contributed by atoms with van der Waals surface area (Å²) in [6.45, 7) is 5.96. The molecule has 2 aromatic rings. The van der Waals surface area contributed by atoms with Gasteiger partial charge in [0.25, 0.3) is 0 Å². The molecule has 2 rings (SSSR count). The number of rotatable bonds is 14. The molecule has 0 aliphatic heterocycles. The lowest BCUT2D eigenvalue weighted by molar-refractivity contribution is 0.159. The first kappa shape index (κ1) is 29.2. The Hall–Kier alpha value is -2.81. The van der Waals surface area contributed by atoms with Crippen LogP contribution >= 0.6 is 11.8 Å². The Balaban J connectivity index is 0.00000182. The topological polar surface area (TPSA) is 113 Å². The van der Waals surface area contributed by atoms with Crippen molar-refractivity contribution in [2.24, 2.45) is 10.7 Å². The van der Waals surface area contributed by atoms with E-state index in [4.69, 9.17) is 25.7 Å². The fourth-order valence-corrected chi connectivity index (χ4v) is 2.95. The maximum atomic E-state index is 8.91. The molecule has 0 heterocycles. The van der Waals surface area contributed by atoms with Gasteiger partial charge in [0.15, 0.2) is 0 Å². The average Bonchev–Trinajstić information content (AvgIpc) is 2.85. The van der Waals surface area contributed by atoms with E-state index in [0.717, 1.165) is 28.3 Å². The van der Waals surface area contributed by atoms with Gasteiger partial charge >= 0.3 is 0 Å². The summed E-state index contributed by atoms with van der Waals surface area (Å²) >= 11 is 1.73. The minimum atomic E-state index is 0.128. The minimum Gasteiger partial charge on any atom is -0.457 e. The van der Waals surface area contributed by atoms with Gasteiger partial charge in [0.05, 0.1) is 12.3 Å². The number of aliphatic hydroxyl groups is 1. The third-order valence-electron chi connectivity index (χ3n) is 4.23. The lowest BCUT2D eigenvalue weighted by atomic mass is 10.1. The molecule has 0 saturated carbocycles. The Kier molecular flexibility index (Phi) is 16.0. The zero-order valence-electron chi connectivity index (χ0n) is 20.4. The van der Waals surface area contributed by atoms with Gasteiger partial charge in [-0.1, -0.05) is 20.3 Å². The van der Waals surface area contributed by atoms with Gasteiger partial charge in [-0.2, -0.15) is 11.8 Å². The fourth-order valence-electron chi connectivity index (χ4n) is 2.67. The van der Waals surface area contributed by atoms with Crippen LogP contribution < -0.4 is 15.8 Å². The molecule has 0 spiro atoms. The second kappa shape index (κ2) is 18.6. The number of nitrogens with two attached hydrogens (primary N) is 1. The number of hydrogen-bond acceptors (Lipinski definition) is 8. The first-order valence-electron chi connectivity index (χ1n) is 11.4. The van der Waals surface area contributed by atoms with Gasteiger partial charge in [-0.15, -0.1) is 0 Å². The monoisotopic (exact) mass is 486 g/mol. The van der Waals surface area contributed by atoms with Crippen molar-refractivity contribution >= 4 is 29.4 Å². The normalized spacial score (nSPS) is 11.1. The first-order valence-corrected chi connectivity index (χ1v) is 12.8. The number of anilines is 1. The highest BCUT2D eigenvalue weighted by molar-refractivity contribution is 7.98. The number of nitrogens with one attached hydrogen (secondary N) is 2. The van der Waals surface area contributed by atoms with Crippen LogP contribution in [0.5, 0.6) is 11.5 Å². The van der Waals surface area contributed by atoms with Crippen LogP contribution in [0.25, 0.3) is 0 Å². The number of ether oxygens (including phenoxy) is 2. The number of aliphatic hydroxyl groups excluding tert-OH is 1. The molecule has 186 valence electrons. The summed E-state index contributed by atoms with van der Waals surface area (Å²) in [5, 5.41) is 19.8. The van der Waals surface area contributed by atoms with Crippen molar-refractivity contribution in [3.63, 3.8) is 0 Å². The van der Waals surface area contributed by atoms with E-state index >= 15 is 0 Å². The van der Waals surface area contributed by atoms with E-state index in [1.54, 1.807) is 23.9 Å². The van der Waals surface area contributed by atoms with Gasteiger partial charge in [0.2, 0.25) is 0 Å². The number of thioether (sulfide) groups is 1. The van der Waals surface area contributed by atoms with E-state index in [2.05, 4.69) is 24.2 Å². The highest BCUT2D eigenvalue weighted by Gasteiger charge is 2.05. The van der Waals surface area contributed by atoms with Crippen molar-refractivity contribution in [2.45, 2.75) is 26.7 Å². The number of nitrogens with zero attached hydrogens (tertiary/aromatic N) is 1. The molecular formula is C26H38N4O3S. The molecule has 0 aromatic heterocycles. The number of hydrogen-bond donors (Lipinski definition) is 4. The Morgan fingerprint density at radius 1 is 1.18 bits per heavy atom. The van der Waals surface area contributed by atoms with Crippen LogP contribution in [0, 0.1) is 5.41 Å². The molecule has 34 heavy (non-hydrogen) atoms. The van der Waals surface area contributed by atoms with Crippen molar-refractivity contribution in [1.82, 2.24) is 0 Å². The van der Waals surface area contributed by atoms with Gasteiger partial charge < -0.3 is 31.0 Å². The molecule has 8 heteroatoms. The van der Waals surface area contributed by atoms with E-state index in [1.165, 1.54) is 18.8 Å². The molecule has 0 saturated heterocycles. The smallest absolute Gasteiger partial charge is 0.138 e. The van der Waals surface area contributed by atoms with Gasteiger partial charge in [-0.25, -0.2) is 0 Å². The van der Waals surface area contributed by atoms with Gasteiger partial charge in [0, 0.05) is 41.9 Å². The van der Waals surface area contributed by atoms with Crippen LogP contribution in [0.2, 0.25) is 0 Å². The van der Waals surface area contributed by atoms with E-state index in [9.17, 15) is 0 Å². The van der Waals surface area contributed by atoms with E-state index in [-0.39, 0.29) is 13.3 Å². The maximum Gasteiger partial charge on any atom is 0.138 e. The fraction of sp³-hybridized carbons (Fsp3) is 0.385. The molecule has 0 bridgehead atoms. The SMILES string of the molecule is CCC.CSCCOC/N=C(/C=C\N)c1ccc(Oc2ccc(NCCCO)c(C=N)c2)cc1. The summed E-state index contributed by atoms with van der Waals surface area (Å²) < 4.78 is 11.4. The molecule has 0 atom stereocenters. The zero-order chi connectivity index (χ0) is 25.0.